The van der Waals surface area contributed by atoms with E-state index in [4.69, 9.17) is 0 Å². The molecule has 2 unspecified atom stereocenters. The average Bonchev–Trinajstić information content (AvgIpc) is 2.10. The number of likely N-dealkylation sites (N-methyl/N-ethyl adjacent to an activating group) is 1. The highest BCUT2D eigenvalue weighted by molar-refractivity contribution is 4.70. The van der Waals surface area contributed by atoms with Gasteiger partial charge < -0.3 is 10.0 Å². The molecule has 0 fully saturated rings. The number of aliphatic hydroxyl groups is 1. The Hall–Kier alpha value is -0.120. The van der Waals surface area contributed by atoms with E-state index in [1.807, 2.05) is 6.92 Å². The highest BCUT2D eigenvalue weighted by Gasteiger charge is 2.15. The SMILES string of the molecule is CCN(CCCN(C)C)C(C)C(C)O. The molecule has 0 rings (SSSR count). The molecule has 0 aromatic carbocycles. The van der Waals surface area contributed by atoms with E-state index in [-0.39, 0.29) is 12.1 Å². The molecule has 0 amide bonds. The van der Waals surface area contributed by atoms with Crippen LogP contribution in [0, 0.1) is 0 Å². The van der Waals surface area contributed by atoms with Crippen LogP contribution in [-0.2, 0) is 0 Å². The lowest BCUT2D eigenvalue weighted by Crippen LogP contribution is -2.41. The molecule has 0 radical (unpaired) electrons. The zero-order valence-electron chi connectivity index (χ0n) is 10.3. The molecular formula is C11H26N2O. The van der Waals surface area contributed by atoms with E-state index >= 15 is 0 Å². The summed E-state index contributed by atoms with van der Waals surface area (Å²) < 4.78 is 0. The Morgan fingerprint density at radius 3 is 2.07 bits per heavy atom. The van der Waals surface area contributed by atoms with Crippen LogP contribution in [0.25, 0.3) is 0 Å². The van der Waals surface area contributed by atoms with Gasteiger partial charge in [-0.15, -0.1) is 0 Å². The third-order valence-electron chi connectivity index (χ3n) is 2.73. The Balaban J connectivity index is 3.79. The Morgan fingerprint density at radius 2 is 1.71 bits per heavy atom. The Morgan fingerprint density at radius 1 is 1.14 bits per heavy atom. The van der Waals surface area contributed by atoms with E-state index in [0.29, 0.717) is 0 Å². The minimum absolute atomic E-state index is 0.241. The number of hydrogen-bond donors (Lipinski definition) is 1. The Kier molecular flexibility index (Phi) is 7.15. The van der Waals surface area contributed by atoms with Gasteiger partial charge in [0, 0.05) is 6.04 Å². The van der Waals surface area contributed by atoms with Gasteiger partial charge >= 0.3 is 0 Å². The van der Waals surface area contributed by atoms with Crippen LogP contribution in [0.15, 0.2) is 0 Å². The van der Waals surface area contributed by atoms with Crippen molar-refractivity contribution in [1.29, 1.82) is 0 Å². The fourth-order valence-electron chi connectivity index (χ4n) is 1.54. The van der Waals surface area contributed by atoms with Gasteiger partial charge in [0.05, 0.1) is 6.10 Å². The average molecular weight is 202 g/mol. The van der Waals surface area contributed by atoms with Gasteiger partial charge in [-0.1, -0.05) is 6.92 Å². The molecule has 14 heavy (non-hydrogen) atoms. The minimum atomic E-state index is -0.241. The normalized spacial score (nSPS) is 16.3. The third kappa shape index (κ3) is 5.58. The van der Waals surface area contributed by atoms with Crippen molar-refractivity contribution in [2.24, 2.45) is 0 Å². The Labute approximate surface area is 88.7 Å². The molecule has 0 saturated heterocycles. The quantitative estimate of drug-likeness (QED) is 0.668. The molecule has 1 N–H and O–H groups in total. The van der Waals surface area contributed by atoms with Crippen LogP contribution in [0.2, 0.25) is 0 Å². The van der Waals surface area contributed by atoms with E-state index in [1.54, 1.807) is 0 Å². The van der Waals surface area contributed by atoms with E-state index in [0.717, 1.165) is 26.1 Å². The standard InChI is InChI=1S/C11H26N2O/c1-6-13(10(2)11(3)14)9-7-8-12(4)5/h10-11,14H,6-9H2,1-5H3. The first kappa shape index (κ1) is 13.9. The number of nitrogens with zero attached hydrogens (tertiary/aromatic N) is 2. The summed E-state index contributed by atoms with van der Waals surface area (Å²) in [7, 11) is 4.18. The number of aliphatic hydroxyl groups excluding tert-OH is 1. The van der Waals surface area contributed by atoms with Gasteiger partial charge in [0.1, 0.15) is 0 Å². The summed E-state index contributed by atoms with van der Waals surface area (Å²) in [5.74, 6) is 0. The minimum Gasteiger partial charge on any atom is -0.392 e. The maximum atomic E-state index is 9.48. The molecule has 0 heterocycles. The molecule has 86 valence electrons. The summed E-state index contributed by atoms with van der Waals surface area (Å²) in [5, 5.41) is 9.48. The van der Waals surface area contributed by atoms with Crippen LogP contribution in [0.1, 0.15) is 27.2 Å². The van der Waals surface area contributed by atoms with Crippen LogP contribution in [0.3, 0.4) is 0 Å². The van der Waals surface area contributed by atoms with E-state index in [2.05, 4.69) is 37.7 Å². The molecule has 0 aliphatic heterocycles. The first-order chi connectivity index (χ1) is 6.49. The second-order valence-corrected chi connectivity index (χ2v) is 4.27. The van der Waals surface area contributed by atoms with Crippen molar-refractivity contribution >= 4 is 0 Å². The van der Waals surface area contributed by atoms with Crippen LogP contribution in [0.5, 0.6) is 0 Å². The lowest BCUT2D eigenvalue weighted by molar-refractivity contribution is 0.0720. The van der Waals surface area contributed by atoms with Crippen molar-refractivity contribution in [3.63, 3.8) is 0 Å². The molecule has 0 aliphatic carbocycles. The largest absolute Gasteiger partial charge is 0.392 e. The smallest absolute Gasteiger partial charge is 0.0664 e. The molecule has 0 spiro atoms. The van der Waals surface area contributed by atoms with Gasteiger partial charge in [-0.2, -0.15) is 0 Å². The van der Waals surface area contributed by atoms with Crippen molar-refractivity contribution < 1.29 is 5.11 Å². The maximum Gasteiger partial charge on any atom is 0.0664 e. The van der Waals surface area contributed by atoms with Crippen molar-refractivity contribution in [3.8, 4) is 0 Å². The summed E-state index contributed by atoms with van der Waals surface area (Å²) in [6, 6.07) is 0.266. The molecule has 3 nitrogen and oxygen atoms in total. The number of rotatable bonds is 7. The van der Waals surface area contributed by atoms with Gasteiger partial charge in [0.15, 0.2) is 0 Å². The highest BCUT2D eigenvalue weighted by Crippen LogP contribution is 2.04. The lowest BCUT2D eigenvalue weighted by Gasteiger charge is -2.30. The van der Waals surface area contributed by atoms with Gasteiger partial charge in [-0.05, 0) is 54.0 Å². The summed E-state index contributed by atoms with van der Waals surface area (Å²) in [6.45, 7) is 9.29. The zero-order valence-corrected chi connectivity index (χ0v) is 10.3. The van der Waals surface area contributed by atoms with Gasteiger partial charge in [-0.25, -0.2) is 0 Å². The van der Waals surface area contributed by atoms with Crippen molar-refractivity contribution in [2.45, 2.75) is 39.3 Å². The van der Waals surface area contributed by atoms with Crippen molar-refractivity contribution in [3.05, 3.63) is 0 Å². The zero-order chi connectivity index (χ0) is 11.1. The van der Waals surface area contributed by atoms with Gasteiger partial charge in [-0.3, -0.25) is 4.90 Å². The van der Waals surface area contributed by atoms with Crippen LogP contribution in [0.4, 0.5) is 0 Å². The van der Waals surface area contributed by atoms with Crippen LogP contribution < -0.4 is 0 Å². The second-order valence-electron chi connectivity index (χ2n) is 4.27. The van der Waals surface area contributed by atoms with E-state index in [9.17, 15) is 5.11 Å². The number of hydrogen-bond acceptors (Lipinski definition) is 3. The molecule has 3 heteroatoms. The molecule has 0 aromatic rings. The summed E-state index contributed by atoms with van der Waals surface area (Å²) in [6.07, 6.45) is 0.923. The first-order valence-electron chi connectivity index (χ1n) is 5.55. The first-order valence-corrected chi connectivity index (χ1v) is 5.55. The predicted molar refractivity (Wildman–Crippen MR) is 61.6 cm³/mol. The highest BCUT2D eigenvalue weighted by atomic mass is 16.3. The predicted octanol–water partition coefficient (Wildman–Crippen LogP) is 1.03. The molecule has 0 aliphatic rings. The van der Waals surface area contributed by atoms with Crippen molar-refractivity contribution in [1.82, 2.24) is 9.80 Å². The molecule has 0 bridgehead atoms. The lowest BCUT2D eigenvalue weighted by atomic mass is 10.1. The van der Waals surface area contributed by atoms with E-state index in [1.165, 1.54) is 0 Å². The topological polar surface area (TPSA) is 26.7 Å². The fourth-order valence-corrected chi connectivity index (χ4v) is 1.54. The fraction of sp³-hybridized carbons (Fsp3) is 1.00. The molecular weight excluding hydrogens is 176 g/mol. The van der Waals surface area contributed by atoms with Gasteiger partial charge in [0.2, 0.25) is 0 Å². The summed E-state index contributed by atoms with van der Waals surface area (Å²) in [5.41, 5.74) is 0. The molecule has 0 aromatic heterocycles. The van der Waals surface area contributed by atoms with Crippen LogP contribution in [-0.4, -0.2) is 60.8 Å². The molecule has 0 saturated carbocycles. The summed E-state index contributed by atoms with van der Waals surface area (Å²) in [4.78, 5) is 4.52. The van der Waals surface area contributed by atoms with Gasteiger partial charge in [0.25, 0.3) is 0 Å². The summed E-state index contributed by atoms with van der Waals surface area (Å²) >= 11 is 0. The van der Waals surface area contributed by atoms with E-state index < -0.39 is 0 Å². The maximum absolute atomic E-state index is 9.48. The monoisotopic (exact) mass is 202 g/mol. The van der Waals surface area contributed by atoms with Crippen LogP contribution >= 0.6 is 0 Å². The second kappa shape index (κ2) is 7.21. The third-order valence-corrected chi connectivity index (χ3v) is 2.73. The molecule has 2 atom stereocenters. The van der Waals surface area contributed by atoms with Crippen molar-refractivity contribution in [2.75, 3.05) is 33.7 Å². The Bertz CT molecular complexity index is 137.